The van der Waals surface area contributed by atoms with Crippen LogP contribution in [0.2, 0.25) is 0 Å². The normalized spacial score (nSPS) is 18.2. The van der Waals surface area contributed by atoms with Crippen molar-refractivity contribution in [1.82, 2.24) is 0 Å². The number of amides is 2. The Bertz CT molecular complexity index is 576. The number of nitrogens with zero attached hydrogens (tertiary/aromatic N) is 1. The second-order valence-corrected chi connectivity index (χ2v) is 5.74. The molecule has 1 heterocycles. The highest BCUT2D eigenvalue weighted by Crippen LogP contribution is 2.31. The highest BCUT2D eigenvalue weighted by atomic mass is 32.2. The zero-order valence-corrected chi connectivity index (χ0v) is 12.4. The molecule has 1 atom stereocenters. The number of anilines is 1. The monoisotopic (exact) mass is 308 g/mol. The number of carbonyl (C=O) groups is 3. The van der Waals surface area contributed by atoms with Crippen LogP contribution in [0.1, 0.15) is 16.8 Å². The molecule has 0 aliphatic carbocycles. The molecule has 7 heteroatoms. The number of rotatable bonds is 5. The predicted molar refractivity (Wildman–Crippen MR) is 80.2 cm³/mol. The van der Waals surface area contributed by atoms with Crippen LogP contribution in [0.3, 0.4) is 0 Å². The summed E-state index contributed by atoms with van der Waals surface area (Å²) in [7, 11) is 1.26. The van der Waals surface area contributed by atoms with Gasteiger partial charge < -0.3 is 10.5 Å². The van der Waals surface area contributed by atoms with E-state index in [0.717, 1.165) is 4.90 Å². The Morgan fingerprint density at radius 1 is 1.43 bits per heavy atom. The van der Waals surface area contributed by atoms with E-state index in [9.17, 15) is 14.4 Å². The molecule has 0 saturated carbocycles. The predicted octanol–water partition coefficient (Wildman–Crippen LogP) is 0.797. The first kappa shape index (κ1) is 15.5. The molecule has 112 valence electrons. The van der Waals surface area contributed by atoms with E-state index in [1.807, 2.05) is 0 Å². The van der Waals surface area contributed by atoms with Crippen molar-refractivity contribution in [2.45, 2.75) is 11.7 Å². The van der Waals surface area contributed by atoms with Gasteiger partial charge in [0.2, 0.25) is 11.8 Å². The summed E-state index contributed by atoms with van der Waals surface area (Å²) in [5.74, 6) is -0.596. The van der Waals surface area contributed by atoms with E-state index >= 15 is 0 Å². The Hall–Kier alpha value is -1.86. The van der Waals surface area contributed by atoms with Crippen LogP contribution in [0, 0.1) is 0 Å². The summed E-state index contributed by atoms with van der Waals surface area (Å²) in [6, 6.07) is 6.42. The van der Waals surface area contributed by atoms with Gasteiger partial charge in [-0.15, -0.1) is 11.8 Å². The van der Waals surface area contributed by atoms with E-state index in [0.29, 0.717) is 12.3 Å². The molecule has 1 aromatic rings. The number of benzene rings is 1. The van der Waals surface area contributed by atoms with Gasteiger partial charge in [-0.3, -0.25) is 9.59 Å². The fourth-order valence-electron chi connectivity index (χ4n) is 2.15. The number of carbonyl (C=O) groups excluding carboxylic acids is 3. The summed E-state index contributed by atoms with van der Waals surface area (Å²) in [5, 5.41) is -0.438. The van der Waals surface area contributed by atoms with Crippen LogP contribution in [0.5, 0.6) is 0 Å². The first-order chi connectivity index (χ1) is 10.1. The van der Waals surface area contributed by atoms with E-state index in [1.165, 1.54) is 24.9 Å². The molecule has 1 unspecified atom stereocenters. The van der Waals surface area contributed by atoms with Gasteiger partial charge in [0.05, 0.1) is 23.6 Å². The molecule has 0 radical (unpaired) electrons. The molecule has 2 rings (SSSR count). The van der Waals surface area contributed by atoms with Gasteiger partial charge >= 0.3 is 5.97 Å². The van der Waals surface area contributed by atoms with E-state index in [-0.39, 0.29) is 29.5 Å². The Kier molecular flexibility index (Phi) is 4.98. The maximum absolute atomic E-state index is 12.4. The van der Waals surface area contributed by atoms with Crippen molar-refractivity contribution in [3.8, 4) is 0 Å². The molecule has 21 heavy (non-hydrogen) atoms. The minimum atomic E-state index is -0.579. The van der Waals surface area contributed by atoms with Gasteiger partial charge in [-0.05, 0) is 12.1 Å². The Balaban J connectivity index is 2.32. The van der Waals surface area contributed by atoms with Crippen molar-refractivity contribution in [2.24, 2.45) is 5.73 Å². The zero-order chi connectivity index (χ0) is 15.4. The molecule has 1 aromatic carbocycles. The van der Waals surface area contributed by atoms with Gasteiger partial charge in [0, 0.05) is 18.7 Å². The van der Waals surface area contributed by atoms with Gasteiger partial charge in [0.15, 0.2) is 0 Å². The lowest BCUT2D eigenvalue weighted by atomic mass is 10.1. The van der Waals surface area contributed by atoms with Crippen molar-refractivity contribution < 1.29 is 19.1 Å². The van der Waals surface area contributed by atoms with E-state index in [4.69, 9.17) is 5.73 Å². The lowest BCUT2D eigenvalue weighted by molar-refractivity contribution is -0.121. The number of ether oxygens (including phenoxy) is 1. The third kappa shape index (κ3) is 3.08. The second kappa shape index (κ2) is 6.73. The molecule has 1 aliphatic rings. The van der Waals surface area contributed by atoms with Crippen LogP contribution in [-0.4, -0.2) is 42.4 Å². The molecule has 0 spiro atoms. The van der Waals surface area contributed by atoms with E-state index in [1.54, 1.807) is 18.2 Å². The smallest absolute Gasteiger partial charge is 0.339 e. The molecule has 1 aliphatic heterocycles. The van der Waals surface area contributed by atoms with Crippen LogP contribution in [0.15, 0.2) is 24.3 Å². The summed E-state index contributed by atoms with van der Waals surface area (Å²) < 4.78 is 4.69. The number of esters is 1. The van der Waals surface area contributed by atoms with E-state index in [2.05, 4.69) is 4.74 Å². The van der Waals surface area contributed by atoms with Crippen molar-refractivity contribution >= 4 is 35.2 Å². The molecular weight excluding hydrogens is 292 g/mol. The van der Waals surface area contributed by atoms with Crippen LogP contribution >= 0.6 is 11.8 Å². The molecule has 0 aromatic heterocycles. The lowest BCUT2D eigenvalue weighted by Gasteiger charge is -2.17. The summed E-state index contributed by atoms with van der Waals surface area (Å²) in [4.78, 5) is 37.3. The van der Waals surface area contributed by atoms with Crippen LogP contribution in [-0.2, 0) is 14.3 Å². The van der Waals surface area contributed by atoms with Crippen LogP contribution in [0.4, 0.5) is 5.69 Å². The maximum atomic E-state index is 12.4. The van der Waals surface area contributed by atoms with E-state index < -0.39 is 11.2 Å². The Labute approximate surface area is 126 Å². The molecular formula is C14H16N2O4S. The number of hydrogen-bond donors (Lipinski definition) is 1. The minimum absolute atomic E-state index is 0.124. The van der Waals surface area contributed by atoms with Gasteiger partial charge in [-0.1, -0.05) is 12.1 Å². The largest absolute Gasteiger partial charge is 0.465 e. The average molecular weight is 308 g/mol. The maximum Gasteiger partial charge on any atom is 0.339 e. The lowest BCUT2D eigenvalue weighted by Crippen LogP contribution is -2.32. The summed E-state index contributed by atoms with van der Waals surface area (Å²) in [6.45, 7) is 0.446. The summed E-state index contributed by atoms with van der Waals surface area (Å²) in [5.41, 5.74) is 5.90. The average Bonchev–Trinajstić information content (AvgIpc) is 2.78. The molecule has 0 bridgehead atoms. The number of thioether (sulfide) groups is 1. The van der Waals surface area contributed by atoms with Crippen molar-refractivity contribution in [1.29, 1.82) is 0 Å². The number of nitrogens with two attached hydrogens (primary N) is 1. The third-order valence-electron chi connectivity index (χ3n) is 3.09. The molecule has 6 nitrogen and oxygen atoms in total. The third-order valence-corrected chi connectivity index (χ3v) is 4.33. The number of hydrogen-bond acceptors (Lipinski definition) is 6. The topological polar surface area (TPSA) is 89.7 Å². The number of imide groups is 1. The molecule has 1 fully saturated rings. The quantitative estimate of drug-likeness (QED) is 0.639. The first-order valence-electron chi connectivity index (χ1n) is 6.46. The highest BCUT2D eigenvalue weighted by Gasteiger charge is 2.41. The van der Waals surface area contributed by atoms with Gasteiger partial charge in [0.1, 0.15) is 0 Å². The first-order valence-corrected chi connectivity index (χ1v) is 7.50. The van der Waals surface area contributed by atoms with Crippen LogP contribution < -0.4 is 10.6 Å². The molecule has 1 saturated heterocycles. The van der Waals surface area contributed by atoms with Crippen molar-refractivity contribution in [2.75, 3.05) is 24.3 Å². The Morgan fingerprint density at radius 2 is 2.14 bits per heavy atom. The fourth-order valence-corrected chi connectivity index (χ4v) is 3.08. The highest BCUT2D eigenvalue weighted by molar-refractivity contribution is 8.00. The van der Waals surface area contributed by atoms with Crippen molar-refractivity contribution in [3.63, 3.8) is 0 Å². The van der Waals surface area contributed by atoms with Crippen LogP contribution in [0.25, 0.3) is 0 Å². The summed E-state index contributed by atoms with van der Waals surface area (Å²) >= 11 is 1.36. The van der Waals surface area contributed by atoms with Gasteiger partial charge in [-0.2, -0.15) is 0 Å². The summed E-state index contributed by atoms with van der Waals surface area (Å²) in [6.07, 6.45) is 0.124. The number of methoxy groups -OCH3 is 1. The standard InChI is InChI=1S/C14H16N2O4S/c1-20-14(19)9-4-2-3-5-10(9)16-12(17)8-11(13(16)18)21-7-6-15/h2-5,11H,6-8,15H2,1H3. The molecule has 2 amide bonds. The second-order valence-electron chi connectivity index (χ2n) is 4.43. The number of para-hydroxylation sites is 1. The Morgan fingerprint density at radius 3 is 2.81 bits per heavy atom. The van der Waals surface area contributed by atoms with Gasteiger partial charge in [-0.25, -0.2) is 9.69 Å². The minimum Gasteiger partial charge on any atom is -0.465 e. The molecule has 2 N–H and O–H groups in total. The fraction of sp³-hybridized carbons (Fsp3) is 0.357. The SMILES string of the molecule is COC(=O)c1ccccc1N1C(=O)CC(SCCN)C1=O. The zero-order valence-electron chi connectivity index (χ0n) is 11.6. The van der Waals surface area contributed by atoms with Crippen molar-refractivity contribution in [3.05, 3.63) is 29.8 Å². The van der Waals surface area contributed by atoms with Gasteiger partial charge in [0.25, 0.3) is 0 Å².